The van der Waals surface area contributed by atoms with E-state index in [9.17, 15) is 13.2 Å². The number of hydrogen-bond acceptors (Lipinski definition) is 2. The maximum absolute atomic E-state index is 11.8. The Morgan fingerprint density at radius 2 is 1.82 bits per heavy atom. The summed E-state index contributed by atoms with van der Waals surface area (Å²) in [6, 6.07) is 0.456. The third-order valence-electron chi connectivity index (χ3n) is 2.52. The second-order valence-corrected chi connectivity index (χ2v) is 4.78. The highest BCUT2D eigenvalue weighted by Gasteiger charge is 2.27. The van der Waals surface area contributed by atoms with Gasteiger partial charge in [-0.2, -0.15) is 13.2 Å². The molecule has 104 valence electrons. The molecule has 0 saturated heterocycles. The van der Waals surface area contributed by atoms with Gasteiger partial charge >= 0.3 is 6.18 Å². The van der Waals surface area contributed by atoms with E-state index in [1.165, 1.54) is 0 Å². The minimum absolute atomic E-state index is 0.192. The van der Waals surface area contributed by atoms with Gasteiger partial charge in [-0.05, 0) is 38.6 Å². The molecule has 0 saturated carbocycles. The maximum Gasteiger partial charge on any atom is 0.411 e. The van der Waals surface area contributed by atoms with E-state index in [4.69, 9.17) is 0 Å². The number of hydrogen-bond donors (Lipinski definition) is 1. The molecule has 0 aromatic carbocycles. The second-order valence-electron chi connectivity index (χ2n) is 4.78. The molecule has 0 aromatic rings. The van der Waals surface area contributed by atoms with Crippen LogP contribution in [0.4, 0.5) is 13.2 Å². The average molecular weight is 255 g/mol. The molecule has 2 nitrogen and oxygen atoms in total. The molecular weight excluding hydrogens is 231 g/mol. The van der Waals surface area contributed by atoms with Crippen LogP contribution >= 0.6 is 0 Å². The van der Waals surface area contributed by atoms with Crippen LogP contribution in [0.15, 0.2) is 0 Å². The van der Waals surface area contributed by atoms with Crippen molar-refractivity contribution in [3.63, 3.8) is 0 Å². The Hall–Kier alpha value is -0.290. The summed E-state index contributed by atoms with van der Waals surface area (Å²) in [7, 11) is 1.92. The summed E-state index contributed by atoms with van der Waals surface area (Å²) in [6.07, 6.45) is -0.530. The number of unbranched alkanes of at least 4 members (excludes halogenated alkanes) is 1. The minimum Gasteiger partial charge on any atom is -0.372 e. The van der Waals surface area contributed by atoms with Crippen LogP contribution in [0.2, 0.25) is 0 Å². The fourth-order valence-electron chi connectivity index (χ4n) is 1.73. The molecule has 1 atom stereocenters. The molecule has 0 bridgehead atoms. The number of ether oxygens (including phenoxy) is 1. The van der Waals surface area contributed by atoms with Gasteiger partial charge in [0.25, 0.3) is 0 Å². The molecule has 0 rings (SSSR count). The van der Waals surface area contributed by atoms with Crippen LogP contribution in [0.25, 0.3) is 0 Å². The lowest BCUT2D eigenvalue weighted by atomic mass is 9.99. The third-order valence-corrected chi connectivity index (χ3v) is 2.52. The zero-order valence-electron chi connectivity index (χ0n) is 10.9. The Kier molecular flexibility index (Phi) is 8.60. The van der Waals surface area contributed by atoms with Gasteiger partial charge < -0.3 is 10.1 Å². The van der Waals surface area contributed by atoms with Crippen molar-refractivity contribution in [2.45, 2.75) is 51.7 Å². The highest BCUT2D eigenvalue weighted by molar-refractivity contribution is 4.66. The molecule has 0 amide bonds. The first-order valence-electron chi connectivity index (χ1n) is 6.17. The second kappa shape index (κ2) is 8.75. The lowest BCUT2D eigenvalue weighted by molar-refractivity contribution is -0.174. The predicted octanol–water partition coefficient (Wildman–Crippen LogP) is 3.37. The Labute approximate surface area is 102 Å². The van der Waals surface area contributed by atoms with Crippen LogP contribution in [0.5, 0.6) is 0 Å². The van der Waals surface area contributed by atoms with Crippen LogP contribution < -0.4 is 5.32 Å². The van der Waals surface area contributed by atoms with Crippen molar-refractivity contribution in [1.82, 2.24) is 5.32 Å². The maximum atomic E-state index is 11.8. The zero-order chi connectivity index (χ0) is 13.3. The molecule has 0 spiro atoms. The number of rotatable bonds is 9. The van der Waals surface area contributed by atoms with Gasteiger partial charge in [-0.1, -0.05) is 13.8 Å². The molecule has 0 aromatic heterocycles. The fraction of sp³-hybridized carbons (Fsp3) is 1.00. The molecule has 1 N–H and O–H groups in total. The first kappa shape index (κ1) is 16.7. The van der Waals surface area contributed by atoms with Gasteiger partial charge in [0.15, 0.2) is 0 Å². The van der Waals surface area contributed by atoms with E-state index < -0.39 is 12.8 Å². The van der Waals surface area contributed by atoms with Gasteiger partial charge in [0, 0.05) is 12.6 Å². The van der Waals surface area contributed by atoms with Crippen LogP contribution in [0, 0.1) is 5.92 Å². The SMILES string of the molecule is CNC(CCCCOCC(F)(F)F)CC(C)C. The molecule has 0 heterocycles. The largest absolute Gasteiger partial charge is 0.411 e. The molecule has 5 heteroatoms. The predicted molar refractivity (Wildman–Crippen MR) is 63.0 cm³/mol. The molecule has 0 fully saturated rings. The van der Waals surface area contributed by atoms with Crippen molar-refractivity contribution in [3.05, 3.63) is 0 Å². The number of nitrogens with one attached hydrogen (secondary N) is 1. The van der Waals surface area contributed by atoms with Crippen molar-refractivity contribution in [1.29, 1.82) is 0 Å². The van der Waals surface area contributed by atoms with Crippen LogP contribution in [-0.2, 0) is 4.74 Å². The monoisotopic (exact) mass is 255 g/mol. The topological polar surface area (TPSA) is 21.3 Å². The summed E-state index contributed by atoms with van der Waals surface area (Å²) in [5.74, 6) is 0.633. The molecule has 0 radical (unpaired) electrons. The summed E-state index contributed by atoms with van der Waals surface area (Å²) in [6.45, 7) is 3.39. The molecule has 0 aliphatic carbocycles. The lowest BCUT2D eigenvalue weighted by Gasteiger charge is -2.18. The Bertz CT molecular complexity index is 183. The third kappa shape index (κ3) is 12.0. The van der Waals surface area contributed by atoms with E-state index in [1.807, 2.05) is 7.05 Å². The van der Waals surface area contributed by atoms with Crippen molar-refractivity contribution in [2.75, 3.05) is 20.3 Å². The lowest BCUT2D eigenvalue weighted by Crippen LogP contribution is -2.26. The molecule has 0 aliphatic rings. The standard InChI is InChI=1S/C12H24F3NO/c1-10(2)8-11(16-3)6-4-5-7-17-9-12(13,14)15/h10-11,16H,4-9H2,1-3H3. The van der Waals surface area contributed by atoms with Crippen LogP contribution in [0.3, 0.4) is 0 Å². The molecule has 0 aliphatic heterocycles. The Morgan fingerprint density at radius 1 is 1.18 bits per heavy atom. The van der Waals surface area contributed by atoms with E-state index in [0.717, 1.165) is 19.3 Å². The normalized spacial score (nSPS) is 14.3. The minimum atomic E-state index is -4.20. The van der Waals surface area contributed by atoms with E-state index in [2.05, 4.69) is 23.9 Å². The first-order chi connectivity index (χ1) is 7.85. The van der Waals surface area contributed by atoms with Crippen molar-refractivity contribution in [3.8, 4) is 0 Å². The van der Waals surface area contributed by atoms with Crippen molar-refractivity contribution >= 4 is 0 Å². The molecule has 17 heavy (non-hydrogen) atoms. The van der Waals surface area contributed by atoms with Crippen molar-refractivity contribution < 1.29 is 17.9 Å². The number of alkyl halides is 3. The van der Waals surface area contributed by atoms with E-state index >= 15 is 0 Å². The summed E-state index contributed by atoms with van der Waals surface area (Å²) < 4.78 is 39.8. The van der Waals surface area contributed by atoms with E-state index in [-0.39, 0.29) is 6.61 Å². The zero-order valence-corrected chi connectivity index (χ0v) is 10.9. The smallest absolute Gasteiger partial charge is 0.372 e. The highest BCUT2D eigenvalue weighted by atomic mass is 19.4. The van der Waals surface area contributed by atoms with Crippen LogP contribution in [-0.4, -0.2) is 32.5 Å². The molecular formula is C12H24F3NO. The van der Waals surface area contributed by atoms with Crippen LogP contribution in [0.1, 0.15) is 39.5 Å². The summed E-state index contributed by atoms with van der Waals surface area (Å²) in [4.78, 5) is 0. The van der Waals surface area contributed by atoms with Gasteiger partial charge in [-0.15, -0.1) is 0 Å². The number of halogens is 3. The Balaban J connectivity index is 3.43. The molecule has 1 unspecified atom stereocenters. The van der Waals surface area contributed by atoms with Gasteiger partial charge in [-0.25, -0.2) is 0 Å². The van der Waals surface area contributed by atoms with Gasteiger partial charge in [-0.3, -0.25) is 0 Å². The van der Waals surface area contributed by atoms with Crippen molar-refractivity contribution in [2.24, 2.45) is 5.92 Å². The van der Waals surface area contributed by atoms with Gasteiger partial charge in [0.1, 0.15) is 6.61 Å². The van der Waals surface area contributed by atoms with E-state index in [0.29, 0.717) is 18.4 Å². The van der Waals surface area contributed by atoms with Gasteiger partial charge in [0.05, 0.1) is 0 Å². The van der Waals surface area contributed by atoms with E-state index in [1.54, 1.807) is 0 Å². The fourth-order valence-corrected chi connectivity index (χ4v) is 1.73. The average Bonchev–Trinajstić information content (AvgIpc) is 2.19. The highest BCUT2D eigenvalue weighted by Crippen LogP contribution is 2.15. The van der Waals surface area contributed by atoms with Gasteiger partial charge in [0.2, 0.25) is 0 Å². The first-order valence-corrected chi connectivity index (χ1v) is 6.17. The summed E-state index contributed by atoms with van der Waals surface area (Å²) in [5, 5.41) is 3.23. The Morgan fingerprint density at radius 3 is 2.29 bits per heavy atom. The quantitative estimate of drug-likeness (QED) is 0.638. The summed E-state index contributed by atoms with van der Waals surface area (Å²) in [5.41, 5.74) is 0. The summed E-state index contributed by atoms with van der Waals surface area (Å²) >= 11 is 0.